The molecule has 0 aliphatic carbocycles. The van der Waals surface area contributed by atoms with E-state index in [1.54, 1.807) is 11.8 Å². The van der Waals surface area contributed by atoms with Gasteiger partial charge in [-0.25, -0.2) is 0 Å². The molecule has 0 bridgehead atoms. The van der Waals surface area contributed by atoms with Gasteiger partial charge in [-0.05, 0) is 69.5 Å². The van der Waals surface area contributed by atoms with Gasteiger partial charge in [0.15, 0.2) is 6.61 Å². The van der Waals surface area contributed by atoms with Gasteiger partial charge in [-0.2, -0.15) is 0 Å². The summed E-state index contributed by atoms with van der Waals surface area (Å²) in [6.07, 6.45) is 0. The summed E-state index contributed by atoms with van der Waals surface area (Å²) in [6, 6.07) is 13.0. The fraction of sp³-hybridized carbons (Fsp3) is 0.391. The quantitative estimate of drug-likeness (QED) is 0.635. The highest BCUT2D eigenvalue weighted by atomic mass is 79.9. The first-order valence-electron chi connectivity index (χ1n) is 9.71. The molecule has 0 aliphatic heterocycles. The van der Waals surface area contributed by atoms with Crippen molar-refractivity contribution in [2.24, 2.45) is 0 Å². The number of aryl methyl sites for hydroxylation is 2. The number of benzene rings is 2. The number of nitrogens with zero attached hydrogens (tertiary/aromatic N) is 1. The van der Waals surface area contributed by atoms with Crippen LogP contribution in [0.3, 0.4) is 0 Å². The maximum Gasteiger partial charge on any atom is 0.261 e. The predicted molar refractivity (Wildman–Crippen MR) is 119 cm³/mol. The minimum Gasteiger partial charge on any atom is -0.483 e. The van der Waals surface area contributed by atoms with Crippen molar-refractivity contribution in [2.75, 3.05) is 6.61 Å². The van der Waals surface area contributed by atoms with Gasteiger partial charge in [-0.1, -0.05) is 40.2 Å². The van der Waals surface area contributed by atoms with Crippen LogP contribution in [-0.4, -0.2) is 35.4 Å². The van der Waals surface area contributed by atoms with E-state index in [-0.39, 0.29) is 24.5 Å². The second kappa shape index (κ2) is 10.4. The molecule has 29 heavy (non-hydrogen) atoms. The molecular formula is C23H29BrN2O3. The van der Waals surface area contributed by atoms with Gasteiger partial charge in [0.1, 0.15) is 11.8 Å². The van der Waals surface area contributed by atoms with Gasteiger partial charge >= 0.3 is 0 Å². The topological polar surface area (TPSA) is 58.6 Å². The van der Waals surface area contributed by atoms with E-state index in [0.29, 0.717) is 12.3 Å². The Morgan fingerprint density at radius 2 is 1.72 bits per heavy atom. The van der Waals surface area contributed by atoms with Crippen molar-refractivity contribution in [3.63, 3.8) is 0 Å². The van der Waals surface area contributed by atoms with E-state index in [9.17, 15) is 9.59 Å². The Hall–Kier alpha value is -2.34. The maximum absolute atomic E-state index is 13.0. The second-order valence-electron chi connectivity index (χ2n) is 7.54. The Kier molecular flexibility index (Phi) is 8.26. The van der Waals surface area contributed by atoms with Gasteiger partial charge in [0.25, 0.3) is 5.91 Å². The van der Waals surface area contributed by atoms with Crippen LogP contribution < -0.4 is 10.1 Å². The Balaban J connectivity index is 2.17. The normalized spacial score (nSPS) is 11.8. The summed E-state index contributed by atoms with van der Waals surface area (Å²) in [6.45, 7) is 9.66. The van der Waals surface area contributed by atoms with Crippen LogP contribution >= 0.6 is 15.9 Å². The number of nitrogens with one attached hydrogen (secondary N) is 1. The van der Waals surface area contributed by atoms with Crippen molar-refractivity contribution in [2.45, 2.75) is 53.2 Å². The number of hydrogen-bond acceptors (Lipinski definition) is 3. The number of ether oxygens (including phenoxy) is 1. The summed E-state index contributed by atoms with van der Waals surface area (Å²) in [5.41, 5.74) is 2.97. The third-order valence-corrected chi connectivity index (χ3v) is 5.09. The van der Waals surface area contributed by atoms with Crippen molar-refractivity contribution >= 4 is 27.7 Å². The van der Waals surface area contributed by atoms with Crippen molar-refractivity contribution in [3.05, 3.63) is 63.6 Å². The molecule has 0 aromatic heterocycles. The molecule has 2 aromatic rings. The van der Waals surface area contributed by atoms with Crippen LogP contribution in [0.5, 0.6) is 5.75 Å². The van der Waals surface area contributed by atoms with Gasteiger partial charge in [0.2, 0.25) is 5.91 Å². The SMILES string of the molecule is Cc1ccc(C)c(OCC(=O)N(Cc2ccc(Br)cc2)[C@H](C)C(=O)NC(C)C)c1. The number of hydrogen-bond donors (Lipinski definition) is 1. The molecule has 0 aliphatic rings. The van der Waals surface area contributed by atoms with Crippen molar-refractivity contribution in [3.8, 4) is 5.75 Å². The molecule has 0 heterocycles. The fourth-order valence-electron chi connectivity index (χ4n) is 2.86. The van der Waals surface area contributed by atoms with E-state index in [1.165, 1.54) is 0 Å². The summed E-state index contributed by atoms with van der Waals surface area (Å²) < 4.78 is 6.76. The van der Waals surface area contributed by atoms with E-state index >= 15 is 0 Å². The summed E-state index contributed by atoms with van der Waals surface area (Å²) in [5, 5.41) is 2.88. The summed E-state index contributed by atoms with van der Waals surface area (Å²) in [4.78, 5) is 27.2. The third kappa shape index (κ3) is 6.89. The van der Waals surface area contributed by atoms with E-state index in [0.717, 1.165) is 21.2 Å². The Morgan fingerprint density at radius 3 is 2.34 bits per heavy atom. The van der Waals surface area contributed by atoms with Crippen LogP contribution in [0.25, 0.3) is 0 Å². The van der Waals surface area contributed by atoms with Crippen LogP contribution in [-0.2, 0) is 16.1 Å². The number of halogens is 1. The lowest BCUT2D eigenvalue weighted by Gasteiger charge is -2.29. The number of rotatable bonds is 8. The van der Waals surface area contributed by atoms with Crippen molar-refractivity contribution in [1.82, 2.24) is 10.2 Å². The van der Waals surface area contributed by atoms with Crippen LogP contribution in [0.2, 0.25) is 0 Å². The van der Waals surface area contributed by atoms with Crippen LogP contribution in [0, 0.1) is 13.8 Å². The molecule has 0 fully saturated rings. The van der Waals surface area contributed by atoms with Gasteiger partial charge < -0.3 is 15.0 Å². The van der Waals surface area contributed by atoms with Gasteiger partial charge in [0.05, 0.1) is 0 Å². The first-order chi connectivity index (χ1) is 13.7. The molecule has 0 radical (unpaired) electrons. The largest absolute Gasteiger partial charge is 0.483 e. The molecule has 0 spiro atoms. The lowest BCUT2D eigenvalue weighted by molar-refractivity contribution is -0.142. The molecular weight excluding hydrogens is 432 g/mol. The standard InChI is InChI=1S/C23H29BrN2O3/c1-15(2)25-23(28)18(5)26(13-19-8-10-20(24)11-9-19)22(27)14-29-21-12-16(3)6-7-17(21)4/h6-12,15,18H,13-14H2,1-5H3,(H,25,28)/t18-/m1/s1. The second-order valence-corrected chi connectivity index (χ2v) is 8.46. The van der Waals surface area contributed by atoms with E-state index < -0.39 is 6.04 Å². The summed E-state index contributed by atoms with van der Waals surface area (Å²) in [5.74, 6) is 0.263. The van der Waals surface area contributed by atoms with E-state index in [2.05, 4.69) is 21.2 Å². The summed E-state index contributed by atoms with van der Waals surface area (Å²) >= 11 is 3.42. The first kappa shape index (κ1) is 22.9. The molecule has 0 saturated carbocycles. The van der Waals surface area contributed by atoms with Gasteiger partial charge in [-0.15, -0.1) is 0 Å². The molecule has 6 heteroatoms. The highest BCUT2D eigenvalue weighted by Gasteiger charge is 2.27. The molecule has 0 saturated heterocycles. The predicted octanol–water partition coefficient (Wildman–Crippen LogP) is 4.39. The number of amides is 2. The monoisotopic (exact) mass is 460 g/mol. The molecule has 156 valence electrons. The molecule has 2 amide bonds. The van der Waals surface area contributed by atoms with Gasteiger partial charge in [-0.3, -0.25) is 9.59 Å². The first-order valence-corrected chi connectivity index (χ1v) is 10.5. The van der Waals surface area contributed by atoms with Crippen LogP contribution in [0.15, 0.2) is 46.9 Å². The highest BCUT2D eigenvalue weighted by molar-refractivity contribution is 9.10. The summed E-state index contributed by atoms with van der Waals surface area (Å²) in [7, 11) is 0. The molecule has 1 atom stereocenters. The molecule has 5 nitrogen and oxygen atoms in total. The maximum atomic E-state index is 13.0. The zero-order valence-corrected chi connectivity index (χ0v) is 19.2. The number of carbonyl (C=O) groups is 2. The average Bonchev–Trinajstić information content (AvgIpc) is 2.67. The smallest absolute Gasteiger partial charge is 0.261 e. The van der Waals surface area contributed by atoms with Crippen LogP contribution in [0.4, 0.5) is 0 Å². The minimum absolute atomic E-state index is 0.000719. The zero-order valence-electron chi connectivity index (χ0n) is 17.7. The zero-order chi connectivity index (χ0) is 21.6. The van der Waals surface area contributed by atoms with Crippen molar-refractivity contribution in [1.29, 1.82) is 0 Å². The number of carbonyl (C=O) groups excluding carboxylic acids is 2. The Bertz CT molecular complexity index is 850. The van der Waals surface area contributed by atoms with Gasteiger partial charge in [0, 0.05) is 17.1 Å². The fourth-order valence-corrected chi connectivity index (χ4v) is 3.12. The van der Waals surface area contributed by atoms with E-state index in [1.807, 2.05) is 70.2 Å². The lowest BCUT2D eigenvalue weighted by atomic mass is 10.1. The van der Waals surface area contributed by atoms with E-state index in [4.69, 9.17) is 4.74 Å². The Labute approximate surface area is 181 Å². The highest BCUT2D eigenvalue weighted by Crippen LogP contribution is 2.20. The molecule has 0 unspecified atom stereocenters. The third-order valence-electron chi connectivity index (χ3n) is 4.56. The van der Waals surface area contributed by atoms with Crippen LogP contribution in [0.1, 0.15) is 37.5 Å². The van der Waals surface area contributed by atoms with Crippen molar-refractivity contribution < 1.29 is 14.3 Å². The lowest BCUT2D eigenvalue weighted by Crippen LogP contribution is -2.50. The molecule has 1 N–H and O–H groups in total. The average molecular weight is 461 g/mol. The molecule has 2 aromatic carbocycles. The minimum atomic E-state index is -0.615. The Morgan fingerprint density at radius 1 is 1.07 bits per heavy atom. The molecule has 2 rings (SSSR count).